The fourth-order valence-electron chi connectivity index (χ4n) is 2.44. The number of rotatable bonds is 1. The minimum absolute atomic E-state index is 0.0118. The van der Waals surface area contributed by atoms with Gasteiger partial charge in [-0.1, -0.05) is 26.8 Å². The maximum Gasteiger partial charge on any atom is 0.182 e. The van der Waals surface area contributed by atoms with Crippen LogP contribution >= 0.6 is 12.2 Å². The van der Waals surface area contributed by atoms with Crippen LogP contribution in [0.3, 0.4) is 0 Å². The standard InChI is InChI=1S/C16H17N3S/c1-16(2,3)14-10-18-15(20)19(14)13-8-4-7-12-11(13)6-5-9-17-12/h4-10H,1-3H3,(H,18,20). The summed E-state index contributed by atoms with van der Waals surface area (Å²) in [5.74, 6) is 0. The lowest BCUT2D eigenvalue weighted by Crippen LogP contribution is -2.16. The van der Waals surface area contributed by atoms with E-state index >= 15 is 0 Å². The summed E-state index contributed by atoms with van der Waals surface area (Å²) in [7, 11) is 0. The second-order valence-electron chi connectivity index (χ2n) is 5.91. The highest BCUT2D eigenvalue weighted by Crippen LogP contribution is 2.28. The maximum atomic E-state index is 5.47. The number of hydrogen-bond donors (Lipinski definition) is 1. The van der Waals surface area contributed by atoms with E-state index in [1.54, 1.807) is 0 Å². The largest absolute Gasteiger partial charge is 0.337 e. The smallest absolute Gasteiger partial charge is 0.182 e. The number of imidazole rings is 1. The first-order valence-corrected chi connectivity index (χ1v) is 7.04. The highest BCUT2D eigenvalue weighted by atomic mass is 32.1. The molecule has 4 heteroatoms. The molecule has 0 saturated carbocycles. The Balaban J connectivity index is 2.38. The molecule has 2 aromatic heterocycles. The fourth-order valence-corrected chi connectivity index (χ4v) is 2.70. The summed E-state index contributed by atoms with van der Waals surface area (Å²) in [6, 6.07) is 10.2. The molecule has 0 radical (unpaired) electrons. The lowest BCUT2D eigenvalue weighted by molar-refractivity contribution is 0.556. The fraction of sp³-hybridized carbons (Fsp3) is 0.250. The van der Waals surface area contributed by atoms with Gasteiger partial charge in [0, 0.05) is 28.9 Å². The van der Waals surface area contributed by atoms with E-state index in [-0.39, 0.29) is 5.41 Å². The van der Waals surface area contributed by atoms with Crippen molar-refractivity contribution in [1.82, 2.24) is 14.5 Å². The van der Waals surface area contributed by atoms with Crippen molar-refractivity contribution >= 4 is 23.1 Å². The monoisotopic (exact) mass is 283 g/mol. The molecule has 3 aromatic rings. The van der Waals surface area contributed by atoms with Crippen molar-refractivity contribution in [3.8, 4) is 5.69 Å². The normalized spacial score (nSPS) is 11.9. The first-order valence-electron chi connectivity index (χ1n) is 6.63. The van der Waals surface area contributed by atoms with Crippen LogP contribution in [0.2, 0.25) is 0 Å². The van der Waals surface area contributed by atoms with Gasteiger partial charge in [0.05, 0.1) is 11.2 Å². The number of hydrogen-bond acceptors (Lipinski definition) is 2. The minimum atomic E-state index is 0.0118. The molecule has 3 nitrogen and oxygen atoms in total. The number of aromatic amines is 1. The molecule has 0 spiro atoms. The minimum Gasteiger partial charge on any atom is -0.337 e. The van der Waals surface area contributed by atoms with E-state index in [0.29, 0.717) is 4.77 Å². The van der Waals surface area contributed by atoms with E-state index in [4.69, 9.17) is 12.2 Å². The van der Waals surface area contributed by atoms with E-state index in [1.807, 2.05) is 30.6 Å². The number of nitrogens with one attached hydrogen (secondary N) is 1. The molecule has 0 saturated heterocycles. The van der Waals surface area contributed by atoms with Crippen molar-refractivity contribution in [3.63, 3.8) is 0 Å². The van der Waals surface area contributed by atoms with Crippen LogP contribution in [-0.2, 0) is 5.41 Å². The van der Waals surface area contributed by atoms with Gasteiger partial charge < -0.3 is 4.98 Å². The van der Waals surface area contributed by atoms with Crippen molar-refractivity contribution in [3.05, 3.63) is 53.2 Å². The van der Waals surface area contributed by atoms with Crippen LogP contribution in [0.15, 0.2) is 42.7 Å². The van der Waals surface area contributed by atoms with Crippen molar-refractivity contribution in [2.24, 2.45) is 0 Å². The quantitative estimate of drug-likeness (QED) is 0.672. The average Bonchev–Trinajstić information content (AvgIpc) is 2.80. The van der Waals surface area contributed by atoms with Crippen LogP contribution in [0.1, 0.15) is 26.5 Å². The molecule has 2 heterocycles. The summed E-state index contributed by atoms with van der Waals surface area (Å²) < 4.78 is 2.82. The predicted molar refractivity (Wildman–Crippen MR) is 85.0 cm³/mol. The lowest BCUT2D eigenvalue weighted by Gasteiger charge is -2.21. The number of pyridine rings is 1. The lowest BCUT2D eigenvalue weighted by atomic mass is 9.92. The Morgan fingerprint density at radius 2 is 1.95 bits per heavy atom. The zero-order valence-electron chi connectivity index (χ0n) is 11.8. The summed E-state index contributed by atoms with van der Waals surface area (Å²) in [6.07, 6.45) is 3.81. The molecule has 0 atom stereocenters. The Morgan fingerprint density at radius 1 is 1.15 bits per heavy atom. The van der Waals surface area contributed by atoms with Crippen LogP contribution in [0, 0.1) is 4.77 Å². The van der Waals surface area contributed by atoms with Crippen molar-refractivity contribution in [2.45, 2.75) is 26.2 Å². The third-order valence-corrected chi connectivity index (χ3v) is 3.71. The van der Waals surface area contributed by atoms with E-state index in [1.165, 1.54) is 5.69 Å². The summed E-state index contributed by atoms with van der Waals surface area (Å²) in [5, 5.41) is 1.11. The van der Waals surface area contributed by atoms with Gasteiger partial charge in [-0.15, -0.1) is 0 Å². The Morgan fingerprint density at radius 3 is 2.70 bits per heavy atom. The molecule has 1 N–H and O–H groups in total. The van der Waals surface area contributed by atoms with Gasteiger partial charge >= 0.3 is 0 Å². The Kier molecular flexibility index (Phi) is 2.98. The van der Waals surface area contributed by atoms with Gasteiger partial charge in [0.25, 0.3) is 0 Å². The van der Waals surface area contributed by atoms with Gasteiger partial charge in [-0.25, -0.2) is 0 Å². The predicted octanol–water partition coefficient (Wildman–Crippen LogP) is 4.38. The summed E-state index contributed by atoms with van der Waals surface area (Å²) >= 11 is 5.47. The zero-order chi connectivity index (χ0) is 14.3. The van der Waals surface area contributed by atoms with Crippen LogP contribution in [0.5, 0.6) is 0 Å². The van der Waals surface area contributed by atoms with E-state index in [0.717, 1.165) is 16.6 Å². The molecule has 0 aliphatic rings. The molecular formula is C16H17N3S. The van der Waals surface area contributed by atoms with Crippen LogP contribution < -0.4 is 0 Å². The van der Waals surface area contributed by atoms with Crippen LogP contribution in [0.25, 0.3) is 16.6 Å². The number of nitrogens with zero attached hydrogens (tertiary/aromatic N) is 2. The molecule has 1 aromatic carbocycles. The molecule has 20 heavy (non-hydrogen) atoms. The number of fused-ring (bicyclic) bond motifs is 1. The highest BCUT2D eigenvalue weighted by Gasteiger charge is 2.21. The topological polar surface area (TPSA) is 33.6 Å². The van der Waals surface area contributed by atoms with Crippen molar-refractivity contribution in [1.29, 1.82) is 0 Å². The molecule has 0 fully saturated rings. The van der Waals surface area contributed by atoms with Crippen LogP contribution in [-0.4, -0.2) is 14.5 Å². The third kappa shape index (κ3) is 2.06. The summed E-state index contributed by atoms with van der Waals surface area (Å²) in [6.45, 7) is 6.56. The Bertz CT molecular complexity index is 816. The number of aromatic nitrogens is 3. The molecule has 3 rings (SSSR count). The second-order valence-corrected chi connectivity index (χ2v) is 6.30. The number of H-pyrrole nitrogens is 1. The molecule has 0 aliphatic heterocycles. The van der Waals surface area contributed by atoms with Gasteiger partial charge in [-0.2, -0.15) is 0 Å². The van der Waals surface area contributed by atoms with Gasteiger partial charge in [-0.05, 0) is 36.5 Å². The van der Waals surface area contributed by atoms with E-state index < -0.39 is 0 Å². The molecule has 0 amide bonds. The van der Waals surface area contributed by atoms with Gasteiger partial charge in [-0.3, -0.25) is 9.55 Å². The molecule has 0 bridgehead atoms. The first-order chi connectivity index (χ1) is 9.48. The van der Waals surface area contributed by atoms with Crippen molar-refractivity contribution < 1.29 is 0 Å². The molecule has 102 valence electrons. The zero-order valence-corrected chi connectivity index (χ0v) is 12.7. The van der Waals surface area contributed by atoms with E-state index in [2.05, 4.69) is 47.4 Å². The third-order valence-electron chi connectivity index (χ3n) is 3.41. The Labute approximate surface area is 123 Å². The Hall–Kier alpha value is -1.94. The highest BCUT2D eigenvalue weighted by molar-refractivity contribution is 7.71. The van der Waals surface area contributed by atoms with Gasteiger partial charge in [0.15, 0.2) is 4.77 Å². The SMILES string of the molecule is CC(C)(C)c1c[nH]c(=S)n1-c1cccc2ncccc12. The second kappa shape index (κ2) is 4.56. The summed E-state index contributed by atoms with van der Waals surface area (Å²) in [5.41, 5.74) is 3.23. The van der Waals surface area contributed by atoms with Crippen LogP contribution in [0.4, 0.5) is 0 Å². The van der Waals surface area contributed by atoms with Gasteiger partial charge in [0.2, 0.25) is 0 Å². The summed E-state index contributed by atoms with van der Waals surface area (Å²) in [4.78, 5) is 7.58. The van der Waals surface area contributed by atoms with Crippen molar-refractivity contribution in [2.75, 3.05) is 0 Å². The van der Waals surface area contributed by atoms with E-state index in [9.17, 15) is 0 Å². The molecule has 0 aliphatic carbocycles. The molecular weight excluding hydrogens is 266 g/mol. The number of benzene rings is 1. The average molecular weight is 283 g/mol. The first kappa shape index (κ1) is 13.1. The maximum absolute atomic E-state index is 5.47. The van der Waals surface area contributed by atoms with Gasteiger partial charge in [0.1, 0.15) is 0 Å². The molecule has 0 unspecified atom stereocenters.